The Morgan fingerprint density at radius 2 is 2.05 bits per heavy atom. The van der Waals surface area contributed by atoms with Crippen LogP contribution in [0, 0.1) is 0 Å². The fourth-order valence-electron chi connectivity index (χ4n) is 2.01. The van der Waals surface area contributed by atoms with Crippen molar-refractivity contribution in [2.75, 3.05) is 11.9 Å². The summed E-state index contributed by atoms with van der Waals surface area (Å²) in [6.07, 6.45) is 0.729. The van der Waals surface area contributed by atoms with Crippen LogP contribution in [-0.4, -0.2) is 21.6 Å². The van der Waals surface area contributed by atoms with Gasteiger partial charge in [0.2, 0.25) is 0 Å². The van der Waals surface area contributed by atoms with Gasteiger partial charge >= 0.3 is 0 Å². The fraction of sp³-hybridized carbons (Fsp3) is 0.267. The number of anilines is 2. The highest BCUT2D eigenvalue weighted by molar-refractivity contribution is 7.22. The molecule has 0 radical (unpaired) electrons. The lowest BCUT2D eigenvalue weighted by molar-refractivity contribution is 0.341. The summed E-state index contributed by atoms with van der Waals surface area (Å²) in [7, 11) is 0. The Labute approximate surface area is 137 Å². The maximum atomic E-state index is 6.00. The van der Waals surface area contributed by atoms with E-state index in [1.165, 1.54) is 0 Å². The zero-order valence-electron chi connectivity index (χ0n) is 12.3. The van der Waals surface area contributed by atoms with Crippen molar-refractivity contribution >= 4 is 44.1 Å². The van der Waals surface area contributed by atoms with Gasteiger partial charge in [0.15, 0.2) is 5.13 Å². The number of aryl methyl sites for hydroxylation is 1. The Morgan fingerprint density at radius 1 is 1.18 bits per heavy atom. The third-order valence-corrected chi connectivity index (χ3v) is 4.09. The molecule has 0 spiro atoms. The molecule has 1 N–H and O–H groups in total. The number of halogens is 1. The molecule has 0 aliphatic heterocycles. The average Bonchev–Trinajstić information content (AvgIpc) is 2.88. The molecule has 5 nitrogen and oxygen atoms in total. The molecule has 114 valence electrons. The Bertz CT molecular complexity index is 805. The first kappa shape index (κ1) is 15.0. The van der Waals surface area contributed by atoms with Crippen molar-refractivity contribution in [3.63, 3.8) is 0 Å². The highest BCUT2D eigenvalue weighted by Crippen LogP contribution is 2.31. The van der Waals surface area contributed by atoms with E-state index in [-0.39, 0.29) is 0 Å². The zero-order valence-corrected chi connectivity index (χ0v) is 13.8. The highest BCUT2D eigenvalue weighted by atomic mass is 35.5. The van der Waals surface area contributed by atoms with E-state index in [1.807, 2.05) is 32.0 Å². The quantitative estimate of drug-likeness (QED) is 0.699. The topological polar surface area (TPSA) is 59.9 Å². The summed E-state index contributed by atoms with van der Waals surface area (Å²) in [5.41, 5.74) is 0.923. The Balaban J connectivity index is 1.89. The molecule has 7 heteroatoms. The normalized spacial score (nSPS) is 10.9. The minimum Gasteiger partial charge on any atom is -0.494 e. The van der Waals surface area contributed by atoms with E-state index >= 15 is 0 Å². The number of hydrogen-bond acceptors (Lipinski definition) is 6. The van der Waals surface area contributed by atoms with Gasteiger partial charge in [-0.25, -0.2) is 15.0 Å². The van der Waals surface area contributed by atoms with Crippen molar-refractivity contribution in [3.05, 3.63) is 35.2 Å². The van der Waals surface area contributed by atoms with Crippen LogP contribution in [0.3, 0.4) is 0 Å². The number of benzene rings is 1. The van der Waals surface area contributed by atoms with E-state index in [2.05, 4.69) is 20.3 Å². The number of fused-ring (bicyclic) bond motifs is 1. The molecular formula is C15H15ClN4OS. The van der Waals surface area contributed by atoms with E-state index < -0.39 is 0 Å². The molecule has 3 aromatic rings. The second-order valence-corrected chi connectivity index (χ2v) is 5.97. The summed E-state index contributed by atoms with van der Waals surface area (Å²) in [5, 5.41) is 4.38. The fourth-order valence-corrected chi connectivity index (χ4v) is 3.11. The Hall–Kier alpha value is -1.92. The first-order valence-corrected chi connectivity index (χ1v) is 8.21. The second kappa shape index (κ2) is 6.46. The summed E-state index contributed by atoms with van der Waals surface area (Å²) < 4.78 is 6.57. The summed E-state index contributed by atoms with van der Waals surface area (Å²) in [6.45, 7) is 4.60. The van der Waals surface area contributed by atoms with Gasteiger partial charge in [0.1, 0.15) is 22.5 Å². The minimum atomic E-state index is 0.425. The van der Waals surface area contributed by atoms with Crippen LogP contribution in [0.5, 0.6) is 5.75 Å². The molecule has 2 aromatic heterocycles. The maximum absolute atomic E-state index is 6.00. The standard InChI is InChI=1S/C15H15ClN4OS/c1-3-13-18-12(16)8-14(19-13)20-15-17-10-6-5-9(21-4-2)7-11(10)22-15/h5-8H,3-4H2,1-2H3,(H,17,18,19,20). The molecule has 0 aliphatic rings. The molecule has 0 unspecified atom stereocenters. The van der Waals surface area contributed by atoms with E-state index in [0.717, 1.165) is 27.5 Å². The van der Waals surface area contributed by atoms with Crippen LogP contribution < -0.4 is 10.1 Å². The summed E-state index contributed by atoms with van der Waals surface area (Å²) in [6, 6.07) is 7.56. The SMILES string of the molecule is CCOc1ccc2nc(Nc3cc(Cl)nc(CC)n3)sc2c1. The van der Waals surface area contributed by atoms with Crippen LogP contribution >= 0.6 is 22.9 Å². The van der Waals surface area contributed by atoms with Crippen LogP contribution in [0.15, 0.2) is 24.3 Å². The third kappa shape index (κ3) is 3.28. The van der Waals surface area contributed by atoms with Crippen molar-refractivity contribution in [1.82, 2.24) is 15.0 Å². The maximum Gasteiger partial charge on any atom is 0.189 e. The smallest absolute Gasteiger partial charge is 0.189 e. The molecule has 1 aromatic carbocycles. The second-order valence-electron chi connectivity index (χ2n) is 4.55. The number of ether oxygens (including phenoxy) is 1. The van der Waals surface area contributed by atoms with Gasteiger partial charge < -0.3 is 10.1 Å². The van der Waals surface area contributed by atoms with Crippen LogP contribution in [0.2, 0.25) is 5.15 Å². The molecule has 3 rings (SSSR count). The lowest BCUT2D eigenvalue weighted by Gasteiger charge is -2.03. The van der Waals surface area contributed by atoms with E-state index in [4.69, 9.17) is 16.3 Å². The Morgan fingerprint density at radius 3 is 2.82 bits per heavy atom. The number of thiazole rings is 1. The molecule has 0 aliphatic carbocycles. The monoisotopic (exact) mass is 334 g/mol. The number of hydrogen-bond donors (Lipinski definition) is 1. The van der Waals surface area contributed by atoms with Crippen molar-refractivity contribution in [3.8, 4) is 5.75 Å². The lowest BCUT2D eigenvalue weighted by Crippen LogP contribution is -1.99. The van der Waals surface area contributed by atoms with Gasteiger partial charge in [0.05, 0.1) is 16.8 Å². The molecule has 0 bridgehead atoms. The summed E-state index contributed by atoms with van der Waals surface area (Å²) in [5.74, 6) is 2.21. The highest BCUT2D eigenvalue weighted by Gasteiger charge is 2.08. The van der Waals surface area contributed by atoms with E-state index in [1.54, 1.807) is 17.4 Å². The predicted molar refractivity (Wildman–Crippen MR) is 90.5 cm³/mol. The third-order valence-electron chi connectivity index (χ3n) is 2.96. The van der Waals surface area contributed by atoms with Crippen molar-refractivity contribution in [2.45, 2.75) is 20.3 Å². The lowest BCUT2D eigenvalue weighted by atomic mass is 10.3. The number of aromatic nitrogens is 3. The predicted octanol–water partition coefficient (Wildman–Crippen LogP) is 4.44. The van der Waals surface area contributed by atoms with Gasteiger partial charge in [-0.2, -0.15) is 0 Å². The molecule has 22 heavy (non-hydrogen) atoms. The van der Waals surface area contributed by atoms with Gasteiger partial charge in [-0.05, 0) is 25.1 Å². The average molecular weight is 335 g/mol. The van der Waals surface area contributed by atoms with Gasteiger partial charge in [-0.15, -0.1) is 0 Å². The van der Waals surface area contributed by atoms with Gasteiger partial charge in [0.25, 0.3) is 0 Å². The number of nitrogens with one attached hydrogen (secondary N) is 1. The van der Waals surface area contributed by atoms with Crippen LogP contribution in [0.1, 0.15) is 19.7 Å². The van der Waals surface area contributed by atoms with Crippen molar-refractivity contribution < 1.29 is 4.74 Å². The number of rotatable bonds is 5. The molecular weight excluding hydrogens is 320 g/mol. The van der Waals surface area contributed by atoms with Gasteiger partial charge in [-0.3, -0.25) is 0 Å². The largest absolute Gasteiger partial charge is 0.494 e. The first-order valence-electron chi connectivity index (χ1n) is 7.01. The number of nitrogens with zero attached hydrogens (tertiary/aromatic N) is 3. The van der Waals surface area contributed by atoms with Crippen LogP contribution in [0.4, 0.5) is 10.9 Å². The zero-order chi connectivity index (χ0) is 15.5. The van der Waals surface area contributed by atoms with E-state index in [0.29, 0.717) is 23.4 Å². The Kier molecular flexibility index (Phi) is 4.40. The van der Waals surface area contributed by atoms with Gasteiger partial charge in [-0.1, -0.05) is 29.9 Å². The summed E-state index contributed by atoms with van der Waals surface area (Å²) in [4.78, 5) is 13.1. The molecule has 2 heterocycles. The molecule has 0 saturated heterocycles. The molecule has 0 fully saturated rings. The first-order chi connectivity index (χ1) is 10.7. The van der Waals surface area contributed by atoms with Crippen molar-refractivity contribution in [1.29, 1.82) is 0 Å². The minimum absolute atomic E-state index is 0.425. The molecule has 0 atom stereocenters. The van der Waals surface area contributed by atoms with Crippen LogP contribution in [-0.2, 0) is 6.42 Å². The summed E-state index contributed by atoms with van der Waals surface area (Å²) >= 11 is 7.55. The van der Waals surface area contributed by atoms with E-state index in [9.17, 15) is 0 Å². The van der Waals surface area contributed by atoms with Crippen molar-refractivity contribution in [2.24, 2.45) is 0 Å². The molecule has 0 amide bonds. The van der Waals surface area contributed by atoms with Gasteiger partial charge in [0, 0.05) is 12.5 Å². The van der Waals surface area contributed by atoms with Crippen LogP contribution in [0.25, 0.3) is 10.2 Å². The molecule has 0 saturated carbocycles.